The van der Waals surface area contributed by atoms with Crippen molar-refractivity contribution < 1.29 is 9.90 Å². The van der Waals surface area contributed by atoms with Gasteiger partial charge in [0.1, 0.15) is 0 Å². The maximum Gasteiger partial charge on any atom is 0.227 e. The number of aliphatic hydroxyl groups excluding tert-OH is 1. The van der Waals surface area contributed by atoms with E-state index in [1.807, 2.05) is 6.92 Å². The number of nitrogens with one attached hydrogen (secondary N) is 1. The summed E-state index contributed by atoms with van der Waals surface area (Å²) < 4.78 is 0. The molecule has 2 atom stereocenters. The lowest BCUT2D eigenvalue weighted by molar-refractivity contribution is -0.131. The molecule has 0 aromatic rings. The fraction of sp³-hybridized carbons (Fsp3) is 0.933. The fourth-order valence-electron chi connectivity index (χ4n) is 3.64. The first kappa shape index (κ1) is 14.8. The predicted molar refractivity (Wildman–Crippen MR) is 75.5 cm³/mol. The highest BCUT2D eigenvalue weighted by Gasteiger charge is 2.43. The molecular formula is C15H28N2O2. The molecule has 1 amide bonds. The Labute approximate surface area is 116 Å². The van der Waals surface area contributed by atoms with Crippen LogP contribution in [0.25, 0.3) is 0 Å². The van der Waals surface area contributed by atoms with Gasteiger partial charge in [0.05, 0.1) is 12.0 Å². The molecule has 4 heteroatoms. The average Bonchev–Trinajstić information content (AvgIpc) is 2.78. The van der Waals surface area contributed by atoms with Gasteiger partial charge in [-0.3, -0.25) is 4.79 Å². The van der Waals surface area contributed by atoms with Crippen molar-refractivity contribution in [3.63, 3.8) is 0 Å². The smallest absolute Gasteiger partial charge is 0.227 e. The van der Waals surface area contributed by atoms with Gasteiger partial charge in [-0.25, -0.2) is 0 Å². The first-order chi connectivity index (χ1) is 9.02. The van der Waals surface area contributed by atoms with Crippen LogP contribution in [0.15, 0.2) is 0 Å². The fourth-order valence-corrected chi connectivity index (χ4v) is 3.64. The van der Waals surface area contributed by atoms with E-state index >= 15 is 0 Å². The van der Waals surface area contributed by atoms with E-state index in [1.165, 1.54) is 6.42 Å². The van der Waals surface area contributed by atoms with Gasteiger partial charge in [-0.05, 0) is 32.6 Å². The minimum absolute atomic E-state index is 0.0241. The third-order valence-electron chi connectivity index (χ3n) is 5.42. The summed E-state index contributed by atoms with van der Waals surface area (Å²) >= 11 is 0. The minimum Gasteiger partial charge on any atom is -0.396 e. The second-order valence-electron chi connectivity index (χ2n) is 6.82. The summed E-state index contributed by atoms with van der Waals surface area (Å²) in [4.78, 5) is 12.4. The molecule has 4 nitrogen and oxygen atoms in total. The topological polar surface area (TPSA) is 75.3 Å². The Morgan fingerprint density at radius 2 is 1.95 bits per heavy atom. The molecule has 0 bridgehead atoms. The Kier molecular flexibility index (Phi) is 4.51. The van der Waals surface area contributed by atoms with E-state index in [0.29, 0.717) is 6.54 Å². The van der Waals surface area contributed by atoms with Crippen LogP contribution in [-0.2, 0) is 4.79 Å². The minimum atomic E-state index is -0.411. The molecular weight excluding hydrogens is 240 g/mol. The van der Waals surface area contributed by atoms with Crippen molar-refractivity contribution >= 4 is 5.91 Å². The van der Waals surface area contributed by atoms with Crippen LogP contribution in [-0.4, -0.2) is 30.2 Å². The van der Waals surface area contributed by atoms with E-state index in [1.54, 1.807) is 0 Å². The SMILES string of the molecule is CC1(C(=O)NCC2(CO)CCCCC2)CCCC1N. The number of aliphatic hydroxyl groups is 1. The standard InChI is InChI=1S/C15H28N2O2/c1-14(7-5-6-12(14)16)13(19)17-10-15(11-18)8-3-2-4-9-15/h12,18H,2-11,16H2,1H3,(H,17,19). The van der Waals surface area contributed by atoms with E-state index in [4.69, 9.17) is 5.73 Å². The van der Waals surface area contributed by atoms with Crippen molar-refractivity contribution in [2.45, 2.75) is 64.3 Å². The lowest BCUT2D eigenvalue weighted by Gasteiger charge is -2.37. The largest absolute Gasteiger partial charge is 0.396 e. The molecule has 0 heterocycles. The molecule has 0 radical (unpaired) electrons. The molecule has 2 rings (SSSR count). The van der Waals surface area contributed by atoms with Gasteiger partial charge in [0, 0.05) is 18.0 Å². The van der Waals surface area contributed by atoms with E-state index in [9.17, 15) is 9.90 Å². The summed E-state index contributed by atoms with van der Waals surface area (Å²) in [5.74, 6) is 0.0795. The molecule has 0 aliphatic heterocycles. The molecule has 0 aromatic heterocycles. The lowest BCUT2D eigenvalue weighted by atomic mass is 9.74. The summed E-state index contributed by atoms with van der Waals surface area (Å²) in [6.45, 7) is 2.76. The second-order valence-corrected chi connectivity index (χ2v) is 6.82. The molecule has 4 N–H and O–H groups in total. The highest BCUT2D eigenvalue weighted by atomic mass is 16.3. The highest BCUT2D eigenvalue weighted by molar-refractivity contribution is 5.83. The van der Waals surface area contributed by atoms with Crippen molar-refractivity contribution in [2.24, 2.45) is 16.6 Å². The highest BCUT2D eigenvalue weighted by Crippen LogP contribution is 2.38. The third-order valence-corrected chi connectivity index (χ3v) is 5.42. The monoisotopic (exact) mass is 268 g/mol. The average molecular weight is 268 g/mol. The van der Waals surface area contributed by atoms with Crippen molar-refractivity contribution in [1.29, 1.82) is 0 Å². The first-order valence-corrected chi connectivity index (χ1v) is 7.67. The van der Waals surface area contributed by atoms with Gasteiger partial charge < -0.3 is 16.2 Å². The molecule has 110 valence electrons. The summed E-state index contributed by atoms with van der Waals surface area (Å²) in [6.07, 6.45) is 8.47. The molecule has 0 aromatic carbocycles. The van der Waals surface area contributed by atoms with Gasteiger partial charge >= 0.3 is 0 Å². The van der Waals surface area contributed by atoms with E-state index in [-0.39, 0.29) is 24.0 Å². The number of hydrogen-bond donors (Lipinski definition) is 3. The Morgan fingerprint density at radius 1 is 1.26 bits per heavy atom. The molecule has 0 saturated heterocycles. The molecule has 2 fully saturated rings. The Hall–Kier alpha value is -0.610. The Morgan fingerprint density at radius 3 is 2.47 bits per heavy atom. The second kappa shape index (κ2) is 5.80. The first-order valence-electron chi connectivity index (χ1n) is 7.67. The van der Waals surface area contributed by atoms with Gasteiger partial charge in [-0.1, -0.05) is 25.7 Å². The Balaban J connectivity index is 1.92. The predicted octanol–water partition coefficient (Wildman–Crippen LogP) is 1.56. The number of carbonyl (C=O) groups excluding carboxylic acids is 1. The van der Waals surface area contributed by atoms with Crippen LogP contribution in [0.2, 0.25) is 0 Å². The number of amides is 1. The van der Waals surface area contributed by atoms with Gasteiger partial charge in [0.15, 0.2) is 0 Å². The van der Waals surface area contributed by atoms with E-state index < -0.39 is 5.41 Å². The molecule has 2 saturated carbocycles. The zero-order valence-electron chi connectivity index (χ0n) is 12.1. The molecule has 2 unspecified atom stereocenters. The van der Waals surface area contributed by atoms with Gasteiger partial charge in [-0.2, -0.15) is 0 Å². The van der Waals surface area contributed by atoms with Gasteiger partial charge in [0.2, 0.25) is 5.91 Å². The quantitative estimate of drug-likeness (QED) is 0.724. The normalized spacial score (nSPS) is 34.2. The number of carbonyl (C=O) groups is 1. The summed E-state index contributed by atoms with van der Waals surface area (Å²) in [7, 11) is 0. The zero-order chi connectivity index (χ0) is 13.9. The van der Waals surface area contributed by atoms with Crippen LogP contribution >= 0.6 is 0 Å². The van der Waals surface area contributed by atoms with E-state index in [2.05, 4.69) is 5.32 Å². The summed E-state index contributed by atoms with van der Waals surface area (Å²) in [5, 5.41) is 12.7. The molecule has 2 aliphatic carbocycles. The summed E-state index contributed by atoms with van der Waals surface area (Å²) in [5.41, 5.74) is 5.58. The van der Waals surface area contributed by atoms with Crippen LogP contribution in [0.3, 0.4) is 0 Å². The van der Waals surface area contributed by atoms with Crippen molar-refractivity contribution in [1.82, 2.24) is 5.32 Å². The number of hydrogen-bond acceptors (Lipinski definition) is 3. The van der Waals surface area contributed by atoms with Crippen LogP contribution < -0.4 is 11.1 Å². The zero-order valence-corrected chi connectivity index (χ0v) is 12.1. The third kappa shape index (κ3) is 2.95. The van der Waals surface area contributed by atoms with Crippen molar-refractivity contribution in [3.8, 4) is 0 Å². The lowest BCUT2D eigenvalue weighted by Crippen LogP contribution is -2.50. The molecule has 0 spiro atoms. The number of nitrogens with two attached hydrogens (primary N) is 1. The van der Waals surface area contributed by atoms with Crippen LogP contribution in [0.4, 0.5) is 0 Å². The van der Waals surface area contributed by atoms with Crippen molar-refractivity contribution in [3.05, 3.63) is 0 Å². The van der Waals surface area contributed by atoms with Crippen LogP contribution in [0.1, 0.15) is 58.3 Å². The maximum atomic E-state index is 12.4. The van der Waals surface area contributed by atoms with Crippen LogP contribution in [0.5, 0.6) is 0 Å². The van der Waals surface area contributed by atoms with Crippen LogP contribution in [0, 0.1) is 10.8 Å². The number of rotatable bonds is 4. The molecule has 19 heavy (non-hydrogen) atoms. The molecule has 2 aliphatic rings. The van der Waals surface area contributed by atoms with Gasteiger partial charge in [-0.15, -0.1) is 0 Å². The van der Waals surface area contributed by atoms with Gasteiger partial charge in [0.25, 0.3) is 0 Å². The Bertz CT molecular complexity index is 326. The summed E-state index contributed by atoms with van der Waals surface area (Å²) in [6, 6.07) is -0.0241. The van der Waals surface area contributed by atoms with Crippen molar-refractivity contribution in [2.75, 3.05) is 13.2 Å². The maximum absolute atomic E-state index is 12.4. The van der Waals surface area contributed by atoms with E-state index in [0.717, 1.165) is 44.9 Å².